The van der Waals surface area contributed by atoms with Gasteiger partial charge in [0.05, 0.1) is 25.9 Å². The summed E-state index contributed by atoms with van der Waals surface area (Å²) in [6, 6.07) is 4.93. The fourth-order valence-electron chi connectivity index (χ4n) is 2.77. The molecule has 0 aliphatic carbocycles. The van der Waals surface area contributed by atoms with Crippen LogP contribution in [0.3, 0.4) is 0 Å². The molecule has 0 unspecified atom stereocenters. The molecule has 2 aromatic rings. The van der Waals surface area contributed by atoms with Crippen LogP contribution in [-0.2, 0) is 18.9 Å². The minimum atomic E-state index is -4.36. The van der Waals surface area contributed by atoms with Gasteiger partial charge in [0.1, 0.15) is 5.82 Å². The van der Waals surface area contributed by atoms with Gasteiger partial charge < -0.3 is 5.32 Å². The predicted molar refractivity (Wildman–Crippen MR) is 93.4 cm³/mol. The van der Waals surface area contributed by atoms with Crippen molar-refractivity contribution in [3.8, 4) is 0 Å². The molecular formula is C16H13ClFNO5S2. The first kappa shape index (κ1) is 18.8. The van der Waals surface area contributed by atoms with Crippen LogP contribution < -0.4 is 5.32 Å². The number of carbonyl (C=O) groups excluding carboxylic acids is 1. The summed E-state index contributed by atoms with van der Waals surface area (Å²) in [7, 11) is -3.15. The molecule has 0 saturated heterocycles. The molecule has 0 fully saturated rings. The van der Waals surface area contributed by atoms with Gasteiger partial charge in [-0.15, -0.1) is 0 Å². The molecule has 138 valence electrons. The topological polar surface area (TPSA) is 97.4 Å². The van der Waals surface area contributed by atoms with Crippen molar-refractivity contribution in [2.45, 2.75) is 34.5 Å². The number of hydrogen-bond acceptors (Lipinski definition) is 5. The van der Waals surface area contributed by atoms with Crippen LogP contribution in [0.15, 0.2) is 45.0 Å². The number of sulfone groups is 1. The van der Waals surface area contributed by atoms with Crippen molar-refractivity contribution in [1.29, 1.82) is 0 Å². The number of hydrogen-bond donors (Lipinski definition) is 1. The molecule has 0 spiro atoms. The van der Waals surface area contributed by atoms with Crippen molar-refractivity contribution in [2.75, 3.05) is 5.32 Å². The minimum absolute atomic E-state index is 0.0839. The monoisotopic (exact) mass is 417 g/mol. The smallest absolute Gasteiger partial charge is 0.261 e. The van der Waals surface area contributed by atoms with Gasteiger partial charge in [0.25, 0.3) is 15.0 Å². The molecule has 0 bridgehead atoms. The first-order valence-corrected chi connectivity index (χ1v) is 11.2. The summed E-state index contributed by atoms with van der Waals surface area (Å²) in [5.74, 6) is -1.89. The lowest BCUT2D eigenvalue weighted by atomic mass is 10.0. The van der Waals surface area contributed by atoms with Crippen LogP contribution in [0, 0.1) is 5.82 Å². The average Bonchev–Trinajstić information content (AvgIpc) is 2.59. The summed E-state index contributed by atoms with van der Waals surface area (Å²) < 4.78 is 63.4. The van der Waals surface area contributed by atoms with Gasteiger partial charge in [0.2, 0.25) is 9.84 Å². The Hall–Kier alpha value is -1.97. The number of carbonyl (C=O) groups is 1. The van der Waals surface area contributed by atoms with Crippen LogP contribution >= 0.6 is 10.7 Å². The van der Waals surface area contributed by atoms with Gasteiger partial charge in [-0.3, -0.25) is 4.79 Å². The predicted octanol–water partition coefficient (Wildman–Crippen LogP) is 3.28. The fraction of sp³-hybridized carbons (Fsp3) is 0.188. The van der Waals surface area contributed by atoms with Gasteiger partial charge in [-0.2, -0.15) is 0 Å². The van der Waals surface area contributed by atoms with E-state index in [0.717, 1.165) is 24.3 Å². The second-order valence-corrected chi connectivity index (χ2v) is 10.5. The van der Waals surface area contributed by atoms with Crippen LogP contribution in [-0.4, -0.2) is 22.7 Å². The summed E-state index contributed by atoms with van der Waals surface area (Å²) >= 11 is 0. The Balaban J connectivity index is 2.44. The zero-order chi connectivity index (χ0) is 19.4. The highest BCUT2D eigenvalue weighted by Crippen LogP contribution is 2.39. The lowest BCUT2D eigenvalue weighted by Gasteiger charge is -2.15. The van der Waals surface area contributed by atoms with E-state index in [4.69, 9.17) is 10.7 Å². The molecule has 2 aromatic carbocycles. The zero-order valence-electron chi connectivity index (χ0n) is 13.6. The molecular weight excluding hydrogens is 405 g/mol. The maximum atomic E-state index is 13.6. The summed E-state index contributed by atoms with van der Waals surface area (Å²) in [5, 5.41) is 2.45. The largest absolute Gasteiger partial charge is 0.321 e. The number of rotatable bonds is 2. The van der Waals surface area contributed by atoms with Crippen molar-refractivity contribution in [3.05, 3.63) is 47.3 Å². The molecule has 0 atom stereocenters. The molecule has 0 aromatic heterocycles. The van der Waals surface area contributed by atoms with E-state index in [1.165, 1.54) is 6.07 Å². The van der Waals surface area contributed by atoms with Gasteiger partial charge in [0, 0.05) is 10.7 Å². The second kappa shape index (κ2) is 6.04. The van der Waals surface area contributed by atoms with Crippen LogP contribution in [0.2, 0.25) is 0 Å². The normalized spacial score (nSPS) is 15.8. The molecule has 3 rings (SSSR count). The van der Waals surface area contributed by atoms with Crippen LogP contribution in [0.1, 0.15) is 35.7 Å². The molecule has 1 N–H and O–H groups in total. The zero-order valence-corrected chi connectivity index (χ0v) is 16.0. The Morgan fingerprint density at radius 1 is 1.12 bits per heavy atom. The third kappa shape index (κ3) is 3.00. The fourth-order valence-corrected chi connectivity index (χ4v) is 5.71. The maximum Gasteiger partial charge on any atom is 0.261 e. The van der Waals surface area contributed by atoms with Crippen molar-refractivity contribution < 1.29 is 26.0 Å². The van der Waals surface area contributed by atoms with Crippen molar-refractivity contribution in [2.24, 2.45) is 0 Å². The van der Waals surface area contributed by atoms with Gasteiger partial charge in [-0.1, -0.05) is 13.8 Å². The first-order chi connectivity index (χ1) is 11.9. The lowest BCUT2D eigenvalue weighted by Crippen LogP contribution is -2.12. The standard InChI is InChI=1S/C16H13ClFNO5S2/c1-8(2)11-6-12-15(7-14(11)26(17,23)24)25(21,22)13-5-9(18)3-4-10(13)16(20)19-12/h3-8H,1-2H3,(H,19,20). The number of nitrogens with one attached hydrogen (secondary N) is 1. The van der Waals surface area contributed by atoms with Gasteiger partial charge in [-0.05, 0) is 41.8 Å². The Morgan fingerprint density at radius 3 is 2.35 bits per heavy atom. The van der Waals surface area contributed by atoms with Gasteiger partial charge in [-0.25, -0.2) is 21.2 Å². The summed E-state index contributed by atoms with van der Waals surface area (Å²) in [4.78, 5) is 11.0. The number of anilines is 1. The third-order valence-electron chi connectivity index (χ3n) is 4.01. The van der Waals surface area contributed by atoms with E-state index in [9.17, 15) is 26.0 Å². The highest BCUT2D eigenvalue weighted by molar-refractivity contribution is 8.13. The Labute approximate surface area is 154 Å². The van der Waals surface area contributed by atoms with Crippen LogP contribution in [0.4, 0.5) is 10.1 Å². The Bertz CT molecular complexity index is 1160. The molecule has 6 nitrogen and oxygen atoms in total. The second-order valence-electron chi connectivity index (χ2n) is 6.08. The number of halogens is 2. The molecule has 0 saturated carbocycles. The van der Waals surface area contributed by atoms with E-state index >= 15 is 0 Å². The first-order valence-electron chi connectivity index (χ1n) is 7.41. The van der Waals surface area contributed by atoms with Crippen molar-refractivity contribution in [3.63, 3.8) is 0 Å². The SMILES string of the molecule is CC(C)c1cc2c(cc1S(=O)(=O)Cl)S(=O)(=O)c1cc(F)ccc1C(=O)N2. The highest BCUT2D eigenvalue weighted by Gasteiger charge is 2.34. The highest BCUT2D eigenvalue weighted by atomic mass is 35.7. The molecule has 1 aliphatic heterocycles. The third-order valence-corrected chi connectivity index (χ3v) is 7.22. The molecule has 26 heavy (non-hydrogen) atoms. The van der Waals surface area contributed by atoms with E-state index in [1.54, 1.807) is 13.8 Å². The lowest BCUT2D eigenvalue weighted by molar-refractivity contribution is 0.102. The Kier molecular flexibility index (Phi) is 4.37. The quantitative estimate of drug-likeness (QED) is 0.756. The van der Waals surface area contributed by atoms with Gasteiger partial charge >= 0.3 is 0 Å². The van der Waals surface area contributed by atoms with Crippen molar-refractivity contribution >= 4 is 41.2 Å². The van der Waals surface area contributed by atoms with E-state index in [-0.39, 0.29) is 27.6 Å². The summed E-state index contributed by atoms with van der Waals surface area (Å²) in [5.41, 5.74) is -0.0604. The number of amides is 1. The number of benzene rings is 2. The van der Waals surface area contributed by atoms with Crippen LogP contribution in [0.5, 0.6) is 0 Å². The Morgan fingerprint density at radius 2 is 1.77 bits per heavy atom. The average molecular weight is 418 g/mol. The number of fused-ring (bicyclic) bond motifs is 2. The molecule has 1 aliphatic rings. The van der Waals surface area contributed by atoms with E-state index in [1.807, 2.05) is 0 Å². The summed E-state index contributed by atoms with van der Waals surface area (Å²) in [6.45, 7) is 3.40. The molecule has 1 heterocycles. The van der Waals surface area contributed by atoms with E-state index in [0.29, 0.717) is 0 Å². The van der Waals surface area contributed by atoms with E-state index in [2.05, 4.69) is 5.32 Å². The maximum absolute atomic E-state index is 13.6. The van der Waals surface area contributed by atoms with Crippen LogP contribution in [0.25, 0.3) is 0 Å². The summed E-state index contributed by atoms with van der Waals surface area (Å²) in [6.07, 6.45) is 0. The van der Waals surface area contributed by atoms with Gasteiger partial charge in [0.15, 0.2) is 0 Å². The minimum Gasteiger partial charge on any atom is -0.321 e. The molecule has 1 amide bonds. The molecule has 0 radical (unpaired) electrons. The molecule has 10 heteroatoms. The van der Waals surface area contributed by atoms with E-state index < -0.39 is 40.4 Å². The van der Waals surface area contributed by atoms with Crippen molar-refractivity contribution in [1.82, 2.24) is 0 Å².